The highest BCUT2D eigenvalue weighted by molar-refractivity contribution is 6.31. The first-order valence-corrected chi connectivity index (χ1v) is 9.14. The summed E-state index contributed by atoms with van der Waals surface area (Å²) in [7, 11) is 0. The standard InChI is InChI=1S/C19H22ClFN4O2/c1-12-10-25(11-13(2)27-12)18-6-3-14(8-22-18)9-23-19(26)24-15-4-5-17(21)16(20)7-15/h3-8,12-13H,9-11H2,1-2H3,(H2,23,24,26). The highest BCUT2D eigenvalue weighted by atomic mass is 35.5. The van der Waals surface area contributed by atoms with E-state index in [1.807, 2.05) is 26.0 Å². The quantitative estimate of drug-likeness (QED) is 0.830. The summed E-state index contributed by atoms with van der Waals surface area (Å²) in [6, 6.07) is 7.48. The molecule has 3 rings (SSSR count). The van der Waals surface area contributed by atoms with Gasteiger partial charge in [-0.2, -0.15) is 0 Å². The Morgan fingerprint density at radius 3 is 2.67 bits per heavy atom. The fourth-order valence-electron chi connectivity index (χ4n) is 3.00. The van der Waals surface area contributed by atoms with Crippen LogP contribution < -0.4 is 15.5 Å². The molecular weight excluding hydrogens is 371 g/mol. The topological polar surface area (TPSA) is 66.5 Å². The van der Waals surface area contributed by atoms with Crippen molar-refractivity contribution in [3.63, 3.8) is 0 Å². The summed E-state index contributed by atoms with van der Waals surface area (Å²) in [5, 5.41) is 5.30. The maximum atomic E-state index is 13.1. The van der Waals surface area contributed by atoms with E-state index in [9.17, 15) is 9.18 Å². The van der Waals surface area contributed by atoms with Crippen LogP contribution in [0.15, 0.2) is 36.5 Å². The molecule has 0 spiro atoms. The van der Waals surface area contributed by atoms with E-state index in [1.165, 1.54) is 18.2 Å². The van der Waals surface area contributed by atoms with Crippen molar-refractivity contribution in [1.82, 2.24) is 10.3 Å². The van der Waals surface area contributed by atoms with Gasteiger partial charge >= 0.3 is 6.03 Å². The van der Waals surface area contributed by atoms with E-state index >= 15 is 0 Å². The Balaban J connectivity index is 1.52. The van der Waals surface area contributed by atoms with Crippen LogP contribution in [0, 0.1) is 5.82 Å². The van der Waals surface area contributed by atoms with Gasteiger partial charge in [-0.15, -0.1) is 0 Å². The van der Waals surface area contributed by atoms with E-state index < -0.39 is 11.8 Å². The maximum absolute atomic E-state index is 13.1. The second kappa shape index (κ2) is 8.54. The second-order valence-corrected chi connectivity index (χ2v) is 7.03. The van der Waals surface area contributed by atoms with Crippen molar-refractivity contribution in [2.45, 2.75) is 32.6 Å². The zero-order valence-electron chi connectivity index (χ0n) is 15.2. The molecule has 1 aliphatic heterocycles. The number of rotatable bonds is 4. The van der Waals surface area contributed by atoms with Gasteiger partial charge in [-0.05, 0) is 43.7 Å². The molecule has 1 aliphatic rings. The third-order valence-electron chi connectivity index (χ3n) is 4.18. The van der Waals surface area contributed by atoms with Crippen molar-refractivity contribution in [3.8, 4) is 0 Å². The fourth-order valence-corrected chi connectivity index (χ4v) is 3.19. The normalized spacial score (nSPS) is 19.6. The molecule has 0 radical (unpaired) electrons. The van der Waals surface area contributed by atoms with Gasteiger partial charge in [-0.1, -0.05) is 17.7 Å². The SMILES string of the molecule is CC1CN(c2ccc(CNC(=O)Nc3ccc(F)c(Cl)c3)cn2)CC(C)O1. The van der Waals surface area contributed by atoms with Crippen molar-refractivity contribution in [3.05, 3.63) is 52.9 Å². The van der Waals surface area contributed by atoms with Gasteiger partial charge in [0.15, 0.2) is 0 Å². The Bertz CT molecular complexity index is 793. The number of nitrogens with one attached hydrogen (secondary N) is 2. The van der Waals surface area contributed by atoms with Crippen molar-refractivity contribution in [1.29, 1.82) is 0 Å². The van der Waals surface area contributed by atoms with Crippen LogP contribution in [0.1, 0.15) is 19.4 Å². The largest absolute Gasteiger partial charge is 0.372 e. The molecule has 1 aromatic heterocycles. The van der Waals surface area contributed by atoms with Crippen LogP contribution in [0.4, 0.5) is 20.7 Å². The van der Waals surface area contributed by atoms with E-state index in [0.717, 1.165) is 24.5 Å². The third-order valence-corrected chi connectivity index (χ3v) is 4.47. The Kier molecular flexibility index (Phi) is 6.13. The average molecular weight is 393 g/mol. The number of hydrogen-bond acceptors (Lipinski definition) is 4. The first kappa shape index (κ1) is 19.4. The maximum Gasteiger partial charge on any atom is 0.319 e. The average Bonchev–Trinajstić information content (AvgIpc) is 2.63. The van der Waals surface area contributed by atoms with Gasteiger partial charge in [-0.25, -0.2) is 14.2 Å². The Morgan fingerprint density at radius 1 is 1.30 bits per heavy atom. The number of carbonyl (C=O) groups excluding carboxylic acids is 1. The Morgan fingerprint density at radius 2 is 2.04 bits per heavy atom. The van der Waals surface area contributed by atoms with E-state index in [0.29, 0.717) is 12.2 Å². The molecule has 2 N–H and O–H groups in total. The molecule has 6 nitrogen and oxygen atoms in total. The summed E-state index contributed by atoms with van der Waals surface area (Å²) in [6.07, 6.45) is 2.08. The highest BCUT2D eigenvalue weighted by Gasteiger charge is 2.22. The molecule has 27 heavy (non-hydrogen) atoms. The third kappa shape index (κ3) is 5.30. The minimum atomic E-state index is -0.530. The lowest BCUT2D eigenvalue weighted by Gasteiger charge is -2.36. The van der Waals surface area contributed by atoms with Gasteiger partial charge in [-0.3, -0.25) is 0 Å². The first-order chi connectivity index (χ1) is 12.9. The lowest BCUT2D eigenvalue weighted by molar-refractivity contribution is -0.00546. The number of benzene rings is 1. The fraction of sp³-hybridized carbons (Fsp3) is 0.368. The van der Waals surface area contributed by atoms with Crippen molar-refractivity contribution in [2.75, 3.05) is 23.3 Å². The smallest absolute Gasteiger partial charge is 0.319 e. The lowest BCUT2D eigenvalue weighted by Crippen LogP contribution is -2.45. The van der Waals surface area contributed by atoms with Gasteiger partial charge in [0.05, 0.1) is 17.2 Å². The predicted molar refractivity (Wildman–Crippen MR) is 104 cm³/mol. The zero-order valence-corrected chi connectivity index (χ0v) is 16.0. The van der Waals surface area contributed by atoms with Crippen LogP contribution in [-0.4, -0.2) is 36.3 Å². The number of pyridine rings is 1. The van der Waals surface area contributed by atoms with Gasteiger partial charge < -0.3 is 20.3 Å². The molecule has 2 aromatic rings. The Labute approximate surface area is 162 Å². The van der Waals surface area contributed by atoms with Crippen LogP contribution in [0.2, 0.25) is 5.02 Å². The first-order valence-electron chi connectivity index (χ1n) is 8.76. The molecular formula is C19H22ClFN4O2. The summed E-state index contributed by atoms with van der Waals surface area (Å²) in [5.74, 6) is 0.365. The van der Waals surface area contributed by atoms with Gasteiger partial charge in [0.2, 0.25) is 0 Å². The van der Waals surface area contributed by atoms with Gasteiger partial charge in [0.25, 0.3) is 0 Å². The number of morpholine rings is 1. The molecule has 0 aliphatic carbocycles. The van der Waals surface area contributed by atoms with E-state index in [1.54, 1.807) is 6.20 Å². The molecule has 1 aromatic carbocycles. The van der Waals surface area contributed by atoms with Gasteiger partial charge in [0, 0.05) is 31.5 Å². The molecule has 1 fully saturated rings. The molecule has 2 amide bonds. The van der Waals surface area contributed by atoms with E-state index in [-0.39, 0.29) is 17.2 Å². The van der Waals surface area contributed by atoms with E-state index in [4.69, 9.17) is 16.3 Å². The zero-order chi connectivity index (χ0) is 19.4. The number of amides is 2. The number of urea groups is 1. The molecule has 2 atom stereocenters. The van der Waals surface area contributed by atoms with E-state index in [2.05, 4.69) is 20.5 Å². The summed E-state index contributed by atoms with van der Waals surface area (Å²) < 4.78 is 18.9. The summed E-state index contributed by atoms with van der Waals surface area (Å²) in [5.41, 5.74) is 1.29. The van der Waals surface area contributed by atoms with Crippen LogP contribution in [0.5, 0.6) is 0 Å². The predicted octanol–water partition coefficient (Wildman–Crippen LogP) is 3.81. The number of hydrogen-bond donors (Lipinski definition) is 2. The molecule has 8 heteroatoms. The van der Waals surface area contributed by atoms with Crippen LogP contribution >= 0.6 is 11.6 Å². The molecule has 1 saturated heterocycles. The van der Waals surface area contributed by atoms with Crippen LogP contribution in [0.25, 0.3) is 0 Å². The monoisotopic (exact) mass is 392 g/mol. The number of anilines is 2. The number of carbonyl (C=O) groups is 1. The highest BCUT2D eigenvalue weighted by Crippen LogP contribution is 2.20. The number of aromatic nitrogens is 1. The molecule has 2 unspecified atom stereocenters. The molecule has 0 saturated carbocycles. The van der Waals surface area contributed by atoms with Crippen molar-refractivity contribution < 1.29 is 13.9 Å². The van der Waals surface area contributed by atoms with Gasteiger partial charge in [0.1, 0.15) is 11.6 Å². The summed E-state index contributed by atoms with van der Waals surface area (Å²) in [6.45, 7) is 6.03. The molecule has 2 heterocycles. The minimum Gasteiger partial charge on any atom is -0.372 e. The van der Waals surface area contributed by atoms with Crippen molar-refractivity contribution >= 4 is 29.1 Å². The number of nitrogens with zero attached hydrogens (tertiary/aromatic N) is 2. The molecule has 0 bridgehead atoms. The second-order valence-electron chi connectivity index (χ2n) is 6.62. The number of ether oxygens (including phenoxy) is 1. The van der Waals surface area contributed by atoms with Crippen LogP contribution in [0.3, 0.4) is 0 Å². The Hall–Kier alpha value is -2.38. The molecule has 144 valence electrons. The summed E-state index contributed by atoms with van der Waals surface area (Å²) >= 11 is 5.70. The van der Waals surface area contributed by atoms with Crippen molar-refractivity contribution in [2.24, 2.45) is 0 Å². The summed E-state index contributed by atoms with van der Waals surface area (Å²) in [4.78, 5) is 18.7. The number of halogens is 2. The lowest BCUT2D eigenvalue weighted by atomic mass is 10.2. The minimum absolute atomic E-state index is 0.0423. The van der Waals surface area contributed by atoms with Crippen LogP contribution in [-0.2, 0) is 11.3 Å².